The molecule has 5 heteroatoms. The Kier molecular flexibility index (Phi) is 8.87. The van der Waals surface area contributed by atoms with Gasteiger partial charge in [-0.3, -0.25) is 0 Å². The van der Waals surface area contributed by atoms with Gasteiger partial charge in [-0.2, -0.15) is 0 Å². The molecule has 0 radical (unpaired) electrons. The standard InChI is InChI=1S/C22H31NO2S2/c1-18(2)8-7-9-20(16-17-26-21-10-5-4-6-11-21)23-27(24,25)22-14-12-19(3)13-15-22/h4-6,10-15,18,20,23H,7-9,16-17H2,1-3H3/t20-/m1/s1. The molecule has 1 atom stereocenters. The Hall–Kier alpha value is -1.30. The van der Waals surface area contributed by atoms with Crippen molar-refractivity contribution in [2.75, 3.05) is 5.75 Å². The van der Waals surface area contributed by atoms with Gasteiger partial charge in [0, 0.05) is 10.9 Å². The van der Waals surface area contributed by atoms with E-state index in [1.165, 1.54) is 4.90 Å². The number of aryl methyl sites for hydroxylation is 1. The molecule has 0 saturated carbocycles. The number of hydrogen-bond acceptors (Lipinski definition) is 3. The Morgan fingerprint density at radius 1 is 0.926 bits per heavy atom. The highest BCUT2D eigenvalue weighted by atomic mass is 32.2. The van der Waals surface area contributed by atoms with Crippen LogP contribution in [0.3, 0.4) is 0 Å². The van der Waals surface area contributed by atoms with Gasteiger partial charge < -0.3 is 0 Å². The zero-order valence-corrected chi connectivity index (χ0v) is 18.2. The molecule has 0 saturated heterocycles. The Balaban J connectivity index is 1.98. The van der Waals surface area contributed by atoms with Gasteiger partial charge in [-0.15, -0.1) is 11.8 Å². The van der Waals surface area contributed by atoms with Crippen LogP contribution >= 0.6 is 11.8 Å². The lowest BCUT2D eigenvalue weighted by atomic mass is 10.0. The average Bonchev–Trinajstić information content (AvgIpc) is 2.62. The zero-order chi connectivity index (χ0) is 19.7. The van der Waals surface area contributed by atoms with Gasteiger partial charge in [-0.25, -0.2) is 13.1 Å². The summed E-state index contributed by atoms with van der Waals surface area (Å²) in [4.78, 5) is 1.57. The molecule has 0 aromatic heterocycles. The lowest BCUT2D eigenvalue weighted by molar-refractivity contribution is 0.466. The van der Waals surface area contributed by atoms with Crippen LogP contribution in [0.5, 0.6) is 0 Å². The highest BCUT2D eigenvalue weighted by molar-refractivity contribution is 7.99. The van der Waals surface area contributed by atoms with Gasteiger partial charge in [-0.1, -0.05) is 62.6 Å². The average molecular weight is 406 g/mol. The van der Waals surface area contributed by atoms with Crippen molar-refractivity contribution in [3.05, 3.63) is 60.2 Å². The molecule has 27 heavy (non-hydrogen) atoms. The number of benzene rings is 2. The van der Waals surface area contributed by atoms with Crippen LogP contribution in [-0.4, -0.2) is 20.2 Å². The Labute approximate surface area is 169 Å². The van der Waals surface area contributed by atoms with Crippen LogP contribution in [0.25, 0.3) is 0 Å². The molecular weight excluding hydrogens is 374 g/mol. The SMILES string of the molecule is Cc1ccc(S(=O)(=O)N[C@H](CCCC(C)C)CCSc2ccccc2)cc1. The molecule has 0 amide bonds. The fourth-order valence-electron chi connectivity index (χ4n) is 2.88. The number of rotatable bonds is 11. The van der Waals surface area contributed by atoms with E-state index in [0.29, 0.717) is 10.8 Å². The van der Waals surface area contributed by atoms with Crippen LogP contribution in [0.15, 0.2) is 64.4 Å². The second-order valence-electron chi connectivity index (χ2n) is 7.41. The maximum absolute atomic E-state index is 12.8. The minimum absolute atomic E-state index is 0.0359. The predicted molar refractivity (Wildman–Crippen MR) is 116 cm³/mol. The molecule has 2 aromatic carbocycles. The van der Waals surface area contributed by atoms with Crippen molar-refractivity contribution in [2.45, 2.75) is 62.3 Å². The topological polar surface area (TPSA) is 46.2 Å². The molecule has 148 valence electrons. The molecular formula is C22H31NO2S2. The van der Waals surface area contributed by atoms with Crippen molar-refractivity contribution in [3.8, 4) is 0 Å². The summed E-state index contributed by atoms with van der Waals surface area (Å²) in [6, 6.07) is 17.3. The quantitative estimate of drug-likeness (QED) is 0.491. The van der Waals surface area contributed by atoms with Crippen molar-refractivity contribution >= 4 is 21.8 Å². The van der Waals surface area contributed by atoms with Gasteiger partial charge in [0.2, 0.25) is 10.0 Å². The minimum atomic E-state index is -3.48. The summed E-state index contributed by atoms with van der Waals surface area (Å²) >= 11 is 1.78. The number of hydrogen-bond donors (Lipinski definition) is 1. The Morgan fingerprint density at radius 2 is 1.59 bits per heavy atom. The second-order valence-corrected chi connectivity index (χ2v) is 10.3. The largest absolute Gasteiger partial charge is 0.240 e. The normalized spacial score (nSPS) is 13.0. The lowest BCUT2D eigenvalue weighted by Gasteiger charge is -2.19. The van der Waals surface area contributed by atoms with Gasteiger partial charge in [-0.05, 0) is 55.7 Å². The first-order valence-electron chi connectivity index (χ1n) is 9.63. The third-order valence-electron chi connectivity index (χ3n) is 4.47. The summed E-state index contributed by atoms with van der Waals surface area (Å²) in [7, 11) is -3.48. The van der Waals surface area contributed by atoms with E-state index >= 15 is 0 Å². The number of nitrogens with one attached hydrogen (secondary N) is 1. The highest BCUT2D eigenvalue weighted by Gasteiger charge is 2.20. The molecule has 0 aliphatic carbocycles. The van der Waals surface area contributed by atoms with Crippen LogP contribution in [0, 0.1) is 12.8 Å². The zero-order valence-electron chi connectivity index (χ0n) is 16.5. The van der Waals surface area contributed by atoms with Crippen LogP contribution in [-0.2, 0) is 10.0 Å². The van der Waals surface area contributed by atoms with E-state index in [2.05, 4.69) is 30.7 Å². The van der Waals surface area contributed by atoms with Gasteiger partial charge in [0.1, 0.15) is 0 Å². The Bertz CT molecular complexity index is 772. The monoisotopic (exact) mass is 405 g/mol. The van der Waals surface area contributed by atoms with Crippen molar-refractivity contribution in [1.29, 1.82) is 0 Å². The molecule has 2 rings (SSSR count). The van der Waals surface area contributed by atoms with E-state index in [4.69, 9.17) is 0 Å². The number of sulfonamides is 1. The predicted octanol–water partition coefficient (Wildman–Crippen LogP) is 5.65. The lowest BCUT2D eigenvalue weighted by Crippen LogP contribution is -2.35. The molecule has 0 heterocycles. The van der Waals surface area contributed by atoms with E-state index in [-0.39, 0.29) is 6.04 Å². The van der Waals surface area contributed by atoms with E-state index in [1.54, 1.807) is 23.9 Å². The Morgan fingerprint density at radius 3 is 2.22 bits per heavy atom. The van der Waals surface area contributed by atoms with Crippen molar-refractivity contribution in [3.63, 3.8) is 0 Å². The summed E-state index contributed by atoms with van der Waals surface area (Å²) in [6.07, 6.45) is 3.85. The van der Waals surface area contributed by atoms with Crippen LogP contribution in [0.1, 0.15) is 45.1 Å². The molecule has 0 bridgehead atoms. The van der Waals surface area contributed by atoms with E-state index in [1.807, 2.05) is 37.3 Å². The summed E-state index contributed by atoms with van der Waals surface area (Å²) in [6.45, 7) is 6.37. The van der Waals surface area contributed by atoms with Crippen LogP contribution in [0.4, 0.5) is 0 Å². The molecule has 0 spiro atoms. The third-order valence-corrected chi connectivity index (χ3v) is 7.05. The summed E-state index contributed by atoms with van der Waals surface area (Å²) in [5.74, 6) is 1.53. The fraction of sp³-hybridized carbons (Fsp3) is 0.455. The molecule has 0 aliphatic rings. The van der Waals surface area contributed by atoms with Crippen molar-refractivity contribution < 1.29 is 8.42 Å². The van der Waals surface area contributed by atoms with Crippen molar-refractivity contribution in [1.82, 2.24) is 4.72 Å². The molecule has 2 aromatic rings. The molecule has 0 unspecified atom stereocenters. The third kappa shape index (κ3) is 8.08. The summed E-state index contributed by atoms with van der Waals surface area (Å²) in [5, 5.41) is 0. The maximum Gasteiger partial charge on any atom is 0.240 e. The smallest absolute Gasteiger partial charge is 0.208 e. The maximum atomic E-state index is 12.8. The fourth-order valence-corrected chi connectivity index (χ4v) is 5.17. The summed E-state index contributed by atoms with van der Waals surface area (Å²) < 4.78 is 28.5. The number of thioether (sulfide) groups is 1. The minimum Gasteiger partial charge on any atom is -0.208 e. The summed E-state index contributed by atoms with van der Waals surface area (Å²) in [5.41, 5.74) is 1.06. The van der Waals surface area contributed by atoms with E-state index in [9.17, 15) is 8.42 Å². The first-order chi connectivity index (χ1) is 12.9. The molecule has 0 aliphatic heterocycles. The van der Waals surface area contributed by atoms with Gasteiger partial charge >= 0.3 is 0 Å². The van der Waals surface area contributed by atoms with Crippen LogP contribution < -0.4 is 4.72 Å². The first-order valence-corrected chi connectivity index (χ1v) is 12.1. The van der Waals surface area contributed by atoms with Gasteiger partial charge in [0.05, 0.1) is 4.90 Å². The second kappa shape index (κ2) is 10.9. The van der Waals surface area contributed by atoms with E-state index in [0.717, 1.165) is 37.0 Å². The van der Waals surface area contributed by atoms with Gasteiger partial charge in [0.15, 0.2) is 0 Å². The van der Waals surface area contributed by atoms with Gasteiger partial charge in [0.25, 0.3) is 0 Å². The molecule has 3 nitrogen and oxygen atoms in total. The molecule has 0 fully saturated rings. The molecule has 1 N–H and O–H groups in total. The van der Waals surface area contributed by atoms with E-state index < -0.39 is 10.0 Å². The highest BCUT2D eigenvalue weighted by Crippen LogP contribution is 2.21. The van der Waals surface area contributed by atoms with Crippen molar-refractivity contribution in [2.24, 2.45) is 5.92 Å². The van der Waals surface area contributed by atoms with Crippen LogP contribution in [0.2, 0.25) is 0 Å². The first kappa shape index (κ1) is 22.0.